The third kappa shape index (κ3) is 3.44. The second-order valence-electron chi connectivity index (χ2n) is 5.27. The van der Waals surface area contributed by atoms with Gasteiger partial charge in [-0.25, -0.2) is 0 Å². The summed E-state index contributed by atoms with van der Waals surface area (Å²) in [7, 11) is 0. The SMILES string of the molecule is C[C@@H]1CCC/C(=C/Nc2cccc([C@H](C)O)c2)C1=O. The molecular formula is C16H21NO2. The zero-order valence-corrected chi connectivity index (χ0v) is 11.5. The van der Waals surface area contributed by atoms with E-state index < -0.39 is 6.10 Å². The van der Waals surface area contributed by atoms with Crippen LogP contribution < -0.4 is 5.32 Å². The van der Waals surface area contributed by atoms with Gasteiger partial charge in [-0.2, -0.15) is 0 Å². The molecule has 0 bridgehead atoms. The van der Waals surface area contributed by atoms with Gasteiger partial charge in [0.2, 0.25) is 0 Å². The molecule has 1 aliphatic rings. The number of Topliss-reactive ketones (excluding diaryl/α,β-unsaturated/α-hetero) is 1. The van der Waals surface area contributed by atoms with E-state index in [0.717, 1.165) is 36.1 Å². The minimum atomic E-state index is -0.481. The lowest BCUT2D eigenvalue weighted by Gasteiger charge is -2.19. The number of aliphatic hydroxyl groups excluding tert-OH is 1. The average Bonchev–Trinajstić information content (AvgIpc) is 2.41. The summed E-state index contributed by atoms with van der Waals surface area (Å²) in [5.41, 5.74) is 2.64. The van der Waals surface area contributed by atoms with Crippen LogP contribution in [0.15, 0.2) is 36.0 Å². The minimum absolute atomic E-state index is 0.144. The predicted octanol–water partition coefficient (Wildman–Crippen LogP) is 3.42. The maximum Gasteiger partial charge on any atom is 0.163 e. The van der Waals surface area contributed by atoms with Crippen molar-refractivity contribution in [3.8, 4) is 0 Å². The Morgan fingerprint density at radius 1 is 1.47 bits per heavy atom. The van der Waals surface area contributed by atoms with E-state index in [2.05, 4.69) is 5.32 Å². The quantitative estimate of drug-likeness (QED) is 0.818. The molecule has 2 rings (SSSR count). The number of ketones is 1. The molecule has 0 radical (unpaired) electrons. The zero-order chi connectivity index (χ0) is 13.8. The normalized spacial score (nSPS) is 23.4. The van der Waals surface area contributed by atoms with Crippen molar-refractivity contribution in [2.75, 3.05) is 5.32 Å². The summed E-state index contributed by atoms with van der Waals surface area (Å²) >= 11 is 0. The molecule has 0 aliphatic heterocycles. The Balaban J connectivity index is 2.09. The molecule has 1 aromatic rings. The van der Waals surface area contributed by atoms with Gasteiger partial charge in [0.1, 0.15) is 0 Å². The summed E-state index contributed by atoms with van der Waals surface area (Å²) in [5.74, 6) is 0.399. The molecule has 1 fully saturated rings. The fourth-order valence-corrected chi connectivity index (χ4v) is 2.37. The minimum Gasteiger partial charge on any atom is -0.389 e. The molecule has 19 heavy (non-hydrogen) atoms. The molecule has 0 heterocycles. The first-order chi connectivity index (χ1) is 9.08. The number of aliphatic hydroxyl groups is 1. The van der Waals surface area contributed by atoms with Crippen LogP contribution >= 0.6 is 0 Å². The maximum atomic E-state index is 12.0. The molecule has 1 aliphatic carbocycles. The van der Waals surface area contributed by atoms with Crippen LogP contribution in [0.25, 0.3) is 0 Å². The monoisotopic (exact) mass is 259 g/mol. The molecular weight excluding hydrogens is 238 g/mol. The summed E-state index contributed by atoms with van der Waals surface area (Å²) in [6.45, 7) is 3.73. The molecule has 0 aromatic heterocycles. The van der Waals surface area contributed by atoms with Crippen molar-refractivity contribution >= 4 is 11.5 Å². The van der Waals surface area contributed by atoms with Crippen LogP contribution in [0.2, 0.25) is 0 Å². The van der Waals surface area contributed by atoms with Crippen LogP contribution in [0.1, 0.15) is 44.8 Å². The van der Waals surface area contributed by atoms with Crippen molar-refractivity contribution in [1.29, 1.82) is 0 Å². The number of carbonyl (C=O) groups excluding carboxylic acids is 1. The Labute approximate surface area is 114 Å². The summed E-state index contributed by atoms with van der Waals surface area (Å²) in [4.78, 5) is 12.0. The van der Waals surface area contributed by atoms with Gasteiger partial charge in [0.25, 0.3) is 0 Å². The van der Waals surface area contributed by atoms with Gasteiger partial charge in [0.05, 0.1) is 6.10 Å². The Hall–Kier alpha value is -1.61. The number of anilines is 1. The Morgan fingerprint density at radius 2 is 2.26 bits per heavy atom. The highest BCUT2D eigenvalue weighted by Gasteiger charge is 2.22. The molecule has 0 saturated heterocycles. The number of benzene rings is 1. The number of hydrogen-bond acceptors (Lipinski definition) is 3. The van der Waals surface area contributed by atoms with Gasteiger partial charge in [0, 0.05) is 23.4 Å². The lowest BCUT2D eigenvalue weighted by Crippen LogP contribution is -2.19. The van der Waals surface area contributed by atoms with E-state index in [1.807, 2.05) is 37.4 Å². The fraction of sp³-hybridized carbons (Fsp3) is 0.438. The van der Waals surface area contributed by atoms with Gasteiger partial charge in [-0.05, 0) is 43.9 Å². The van der Waals surface area contributed by atoms with Crippen molar-refractivity contribution in [3.63, 3.8) is 0 Å². The topological polar surface area (TPSA) is 49.3 Å². The molecule has 0 spiro atoms. The van der Waals surface area contributed by atoms with Crippen LogP contribution in [-0.2, 0) is 4.79 Å². The van der Waals surface area contributed by atoms with Gasteiger partial charge >= 0.3 is 0 Å². The highest BCUT2D eigenvalue weighted by Crippen LogP contribution is 2.25. The molecule has 1 saturated carbocycles. The van der Waals surface area contributed by atoms with Gasteiger partial charge < -0.3 is 10.4 Å². The zero-order valence-electron chi connectivity index (χ0n) is 11.5. The third-order valence-corrected chi connectivity index (χ3v) is 3.63. The molecule has 0 unspecified atom stereocenters. The maximum absolute atomic E-state index is 12.0. The predicted molar refractivity (Wildman–Crippen MR) is 76.8 cm³/mol. The molecule has 102 valence electrons. The molecule has 1 aromatic carbocycles. The van der Waals surface area contributed by atoms with Crippen LogP contribution in [0, 0.1) is 5.92 Å². The van der Waals surface area contributed by atoms with Gasteiger partial charge in [0.15, 0.2) is 5.78 Å². The average molecular weight is 259 g/mol. The van der Waals surface area contributed by atoms with Crippen LogP contribution in [0.3, 0.4) is 0 Å². The van der Waals surface area contributed by atoms with E-state index in [9.17, 15) is 9.90 Å². The summed E-state index contributed by atoms with van der Waals surface area (Å²) in [6, 6.07) is 7.61. The molecule has 3 nitrogen and oxygen atoms in total. The molecule has 2 atom stereocenters. The molecule has 0 amide bonds. The number of carbonyl (C=O) groups is 1. The standard InChI is InChI=1S/C16H21NO2/c1-11-5-3-7-14(16(11)19)10-17-15-8-4-6-13(9-15)12(2)18/h4,6,8-12,17-18H,3,5,7H2,1-2H3/b14-10-/t11-,12+/m1/s1. The first-order valence-corrected chi connectivity index (χ1v) is 6.85. The highest BCUT2D eigenvalue weighted by molar-refractivity contribution is 5.97. The van der Waals surface area contributed by atoms with Crippen molar-refractivity contribution in [3.05, 3.63) is 41.6 Å². The first kappa shape index (κ1) is 13.8. The number of allylic oxidation sites excluding steroid dienone is 1. The van der Waals surface area contributed by atoms with Crippen molar-refractivity contribution < 1.29 is 9.90 Å². The van der Waals surface area contributed by atoms with Gasteiger partial charge in [-0.3, -0.25) is 4.79 Å². The highest BCUT2D eigenvalue weighted by atomic mass is 16.3. The lowest BCUT2D eigenvalue weighted by atomic mass is 9.86. The number of rotatable bonds is 3. The van der Waals surface area contributed by atoms with Crippen molar-refractivity contribution in [1.82, 2.24) is 0 Å². The smallest absolute Gasteiger partial charge is 0.163 e. The van der Waals surface area contributed by atoms with Gasteiger partial charge in [-0.15, -0.1) is 0 Å². The second kappa shape index (κ2) is 6.02. The van der Waals surface area contributed by atoms with Gasteiger partial charge in [-0.1, -0.05) is 19.1 Å². The Bertz CT molecular complexity index is 491. The Morgan fingerprint density at radius 3 is 3.00 bits per heavy atom. The van der Waals surface area contributed by atoms with E-state index in [0.29, 0.717) is 0 Å². The van der Waals surface area contributed by atoms with E-state index >= 15 is 0 Å². The summed E-state index contributed by atoms with van der Waals surface area (Å²) < 4.78 is 0. The van der Waals surface area contributed by atoms with E-state index in [4.69, 9.17) is 0 Å². The molecule has 3 heteroatoms. The second-order valence-corrected chi connectivity index (χ2v) is 5.27. The van der Waals surface area contributed by atoms with Crippen LogP contribution in [-0.4, -0.2) is 10.9 Å². The van der Waals surface area contributed by atoms with E-state index in [-0.39, 0.29) is 11.7 Å². The fourth-order valence-electron chi connectivity index (χ4n) is 2.37. The van der Waals surface area contributed by atoms with E-state index in [1.165, 1.54) is 0 Å². The summed E-state index contributed by atoms with van der Waals surface area (Å²) in [5, 5.41) is 12.7. The Kier molecular flexibility index (Phi) is 4.38. The largest absolute Gasteiger partial charge is 0.389 e. The van der Waals surface area contributed by atoms with E-state index in [1.54, 1.807) is 6.92 Å². The van der Waals surface area contributed by atoms with Crippen LogP contribution in [0.4, 0.5) is 5.69 Å². The molecule has 2 N–H and O–H groups in total. The van der Waals surface area contributed by atoms with Crippen LogP contribution in [0.5, 0.6) is 0 Å². The third-order valence-electron chi connectivity index (χ3n) is 3.63. The van der Waals surface area contributed by atoms with Crippen molar-refractivity contribution in [2.24, 2.45) is 5.92 Å². The lowest BCUT2D eigenvalue weighted by molar-refractivity contribution is -0.119. The summed E-state index contributed by atoms with van der Waals surface area (Å²) in [6.07, 6.45) is 4.26. The number of hydrogen-bond donors (Lipinski definition) is 2. The first-order valence-electron chi connectivity index (χ1n) is 6.85. The van der Waals surface area contributed by atoms with Crippen molar-refractivity contribution in [2.45, 2.75) is 39.2 Å². The number of nitrogens with one attached hydrogen (secondary N) is 1.